The van der Waals surface area contributed by atoms with Gasteiger partial charge in [0, 0.05) is 32.8 Å². The van der Waals surface area contributed by atoms with Crippen LogP contribution >= 0.6 is 0 Å². The van der Waals surface area contributed by atoms with E-state index in [-0.39, 0.29) is 11.2 Å². The Hall–Kier alpha value is -0.160. The molecule has 0 aromatic carbocycles. The van der Waals surface area contributed by atoms with Crippen molar-refractivity contribution in [1.82, 2.24) is 4.90 Å². The summed E-state index contributed by atoms with van der Waals surface area (Å²) in [6, 6.07) is 0. The minimum Gasteiger partial charge on any atom is -0.381 e. The second-order valence-corrected chi connectivity index (χ2v) is 7.23. The molecule has 20 heavy (non-hydrogen) atoms. The standard InChI is InChI=1S/C16H29NO3/c1-15(2)4-3-14(20-15)13-17-8-5-16(19-12-9-17)6-10-18-11-7-16/h14H,3-13H2,1-2H3. The Balaban J connectivity index is 1.50. The number of hydrogen-bond acceptors (Lipinski definition) is 4. The molecule has 0 aromatic heterocycles. The molecule has 1 spiro atoms. The summed E-state index contributed by atoms with van der Waals surface area (Å²) in [7, 11) is 0. The van der Waals surface area contributed by atoms with Crippen LogP contribution in [0.1, 0.15) is 46.0 Å². The van der Waals surface area contributed by atoms with Gasteiger partial charge in [-0.15, -0.1) is 0 Å². The maximum atomic E-state index is 6.20. The lowest BCUT2D eigenvalue weighted by atomic mass is 9.90. The summed E-state index contributed by atoms with van der Waals surface area (Å²) in [6.07, 6.45) is 6.06. The third-order valence-corrected chi connectivity index (χ3v) is 5.12. The highest BCUT2D eigenvalue weighted by atomic mass is 16.5. The van der Waals surface area contributed by atoms with E-state index in [2.05, 4.69) is 18.7 Å². The fourth-order valence-electron chi connectivity index (χ4n) is 3.75. The van der Waals surface area contributed by atoms with Gasteiger partial charge in [-0.05, 0) is 46.0 Å². The lowest BCUT2D eigenvalue weighted by Gasteiger charge is -2.36. The molecule has 0 aromatic rings. The van der Waals surface area contributed by atoms with Gasteiger partial charge >= 0.3 is 0 Å². The third-order valence-electron chi connectivity index (χ3n) is 5.12. The molecule has 0 bridgehead atoms. The molecule has 0 aliphatic carbocycles. The number of nitrogens with zero attached hydrogens (tertiary/aromatic N) is 1. The minimum atomic E-state index is 0.0783. The van der Waals surface area contributed by atoms with Crippen molar-refractivity contribution in [2.75, 3.05) is 39.5 Å². The molecule has 3 aliphatic heterocycles. The Labute approximate surface area is 122 Å². The zero-order valence-corrected chi connectivity index (χ0v) is 13.0. The molecular formula is C16H29NO3. The first-order chi connectivity index (χ1) is 9.57. The zero-order chi connectivity index (χ0) is 14.1. The minimum absolute atomic E-state index is 0.0783. The second kappa shape index (κ2) is 5.91. The average Bonchev–Trinajstić information content (AvgIpc) is 2.64. The molecule has 0 amide bonds. The number of hydrogen-bond donors (Lipinski definition) is 0. The van der Waals surface area contributed by atoms with Crippen molar-refractivity contribution < 1.29 is 14.2 Å². The Morgan fingerprint density at radius 2 is 1.80 bits per heavy atom. The summed E-state index contributed by atoms with van der Waals surface area (Å²) in [6.45, 7) is 10.2. The Kier molecular flexibility index (Phi) is 4.37. The van der Waals surface area contributed by atoms with E-state index in [0.29, 0.717) is 6.10 Å². The van der Waals surface area contributed by atoms with Crippen molar-refractivity contribution in [3.8, 4) is 0 Å². The summed E-state index contributed by atoms with van der Waals surface area (Å²) in [5.74, 6) is 0. The lowest BCUT2D eigenvalue weighted by molar-refractivity contribution is -0.105. The maximum absolute atomic E-state index is 6.20. The van der Waals surface area contributed by atoms with Crippen LogP contribution in [0, 0.1) is 0 Å². The summed E-state index contributed by atoms with van der Waals surface area (Å²) in [5, 5.41) is 0. The highest BCUT2D eigenvalue weighted by Gasteiger charge is 2.37. The number of rotatable bonds is 2. The second-order valence-electron chi connectivity index (χ2n) is 7.23. The van der Waals surface area contributed by atoms with Crippen molar-refractivity contribution in [1.29, 1.82) is 0 Å². The van der Waals surface area contributed by atoms with Crippen molar-refractivity contribution in [2.45, 2.75) is 63.3 Å². The molecule has 3 fully saturated rings. The summed E-state index contributed by atoms with van der Waals surface area (Å²) in [5.41, 5.74) is 0.178. The van der Waals surface area contributed by atoms with Gasteiger partial charge < -0.3 is 14.2 Å². The normalized spacial score (nSPS) is 34.2. The van der Waals surface area contributed by atoms with Gasteiger partial charge in [-0.2, -0.15) is 0 Å². The predicted octanol–water partition coefficient (Wildman–Crippen LogP) is 2.22. The molecule has 0 saturated carbocycles. The molecule has 0 radical (unpaired) electrons. The topological polar surface area (TPSA) is 30.9 Å². The van der Waals surface area contributed by atoms with Gasteiger partial charge in [0.25, 0.3) is 0 Å². The fraction of sp³-hybridized carbons (Fsp3) is 1.00. The maximum Gasteiger partial charge on any atom is 0.0739 e. The van der Waals surface area contributed by atoms with Crippen molar-refractivity contribution in [3.63, 3.8) is 0 Å². The molecule has 3 aliphatic rings. The molecule has 4 nitrogen and oxygen atoms in total. The van der Waals surface area contributed by atoms with Crippen LogP contribution in [-0.4, -0.2) is 61.7 Å². The first-order valence-electron chi connectivity index (χ1n) is 8.19. The number of ether oxygens (including phenoxy) is 3. The molecule has 116 valence electrons. The third kappa shape index (κ3) is 3.53. The van der Waals surface area contributed by atoms with Gasteiger partial charge in [0.15, 0.2) is 0 Å². The van der Waals surface area contributed by atoms with E-state index in [9.17, 15) is 0 Å². The lowest BCUT2D eigenvalue weighted by Crippen LogP contribution is -2.40. The monoisotopic (exact) mass is 283 g/mol. The van der Waals surface area contributed by atoms with Crippen LogP contribution < -0.4 is 0 Å². The molecule has 3 saturated heterocycles. The van der Waals surface area contributed by atoms with E-state index < -0.39 is 0 Å². The molecule has 3 heterocycles. The van der Waals surface area contributed by atoms with E-state index in [1.54, 1.807) is 0 Å². The molecular weight excluding hydrogens is 254 g/mol. The van der Waals surface area contributed by atoms with Gasteiger partial charge in [-0.25, -0.2) is 0 Å². The first-order valence-corrected chi connectivity index (χ1v) is 8.19. The Morgan fingerprint density at radius 1 is 1.00 bits per heavy atom. The van der Waals surface area contributed by atoms with Crippen LogP contribution in [0.25, 0.3) is 0 Å². The van der Waals surface area contributed by atoms with E-state index in [0.717, 1.165) is 58.7 Å². The van der Waals surface area contributed by atoms with Crippen molar-refractivity contribution in [2.24, 2.45) is 0 Å². The summed E-state index contributed by atoms with van der Waals surface area (Å²) < 4.78 is 17.8. The van der Waals surface area contributed by atoms with E-state index >= 15 is 0 Å². The largest absolute Gasteiger partial charge is 0.381 e. The molecule has 1 unspecified atom stereocenters. The van der Waals surface area contributed by atoms with E-state index in [1.165, 1.54) is 12.8 Å². The van der Waals surface area contributed by atoms with Gasteiger partial charge in [-0.1, -0.05) is 0 Å². The molecule has 1 atom stereocenters. The zero-order valence-electron chi connectivity index (χ0n) is 13.0. The van der Waals surface area contributed by atoms with Crippen LogP contribution in [0.15, 0.2) is 0 Å². The van der Waals surface area contributed by atoms with Crippen LogP contribution in [0.4, 0.5) is 0 Å². The van der Waals surface area contributed by atoms with Gasteiger partial charge in [0.1, 0.15) is 0 Å². The SMILES string of the molecule is CC1(C)CCC(CN2CCOC3(CCOCC3)CC2)O1. The highest BCUT2D eigenvalue weighted by molar-refractivity contribution is 4.88. The van der Waals surface area contributed by atoms with Crippen LogP contribution in [0.2, 0.25) is 0 Å². The predicted molar refractivity (Wildman–Crippen MR) is 78.0 cm³/mol. The van der Waals surface area contributed by atoms with Crippen LogP contribution in [-0.2, 0) is 14.2 Å². The highest BCUT2D eigenvalue weighted by Crippen LogP contribution is 2.32. The van der Waals surface area contributed by atoms with Crippen LogP contribution in [0.5, 0.6) is 0 Å². The van der Waals surface area contributed by atoms with Crippen molar-refractivity contribution in [3.05, 3.63) is 0 Å². The molecule has 0 N–H and O–H groups in total. The van der Waals surface area contributed by atoms with Gasteiger partial charge in [0.05, 0.1) is 23.9 Å². The summed E-state index contributed by atoms with van der Waals surface area (Å²) >= 11 is 0. The summed E-state index contributed by atoms with van der Waals surface area (Å²) in [4.78, 5) is 2.54. The van der Waals surface area contributed by atoms with Crippen LogP contribution in [0.3, 0.4) is 0 Å². The Bertz CT molecular complexity index is 326. The first kappa shape index (κ1) is 14.8. The van der Waals surface area contributed by atoms with Gasteiger partial charge in [-0.3, -0.25) is 4.90 Å². The molecule has 3 rings (SSSR count). The van der Waals surface area contributed by atoms with E-state index in [1.807, 2.05) is 0 Å². The average molecular weight is 283 g/mol. The van der Waals surface area contributed by atoms with Crippen molar-refractivity contribution >= 4 is 0 Å². The molecule has 4 heteroatoms. The smallest absolute Gasteiger partial charge is 0.0739 e. The fourth-order valence-corrected chi connectivity index (χ4v) is 3.75. The quantitative estimate of drug-likeness (QED) is 0.777. The van der Waals surface area contributed by atoms with E-state index in [4.69, 9.17) is 14.2 Å². The Morgan fingerprint density at radius 3 is 2.50 bits per heavy atom. The van der Waals surface area contributed by atoms with Gasteiger partial charge in [0.2, 0.25) is 0 Å².